The first-order valence-electron chi connectivity index (χ1n) is 7.71. The number of hydrogen-bond donors (Lipinski definition) is 0. The maximum absolute atomic E-state index is 10.7. The summed E-state index contributed by atoms with van der Waals surface area (Å²) in [5.74, 6) is 2.14. The fourth-order valence-corrected chi connectivity index (χ4v) is 2.84. The van der Waals surface area contributed by atoms with Gasteiger partial charge in [0.15, 0.2) is 11.5 Å². The average Bonchev–Trinajstić information content (AvgIpc) is 2.51. The number of hydrogen-bond acceptors (Lipinski definition) is 4. The van der Waals surface area contributed by atoms with Gasteiger partial charge in [-0.1, -0.05) is 6.92 Å². The SMILES string of the molecule is COc1cc(C=O)ccc1OCCCN1CCC[C@@H](C)C1. The van der Waals surface area contributed by atoms with Crippen LogP contribution in [-0.2, 0) is 0 Å². The first-order valence-corrected chi connectivity index (χ1v) is 7.71. The van der Waals surface area contributed by atoms with E-state index in [-0.39, 0.29) is 0 Å². The van der Waals surface area contributed by atoms with E-state index < -0.39 is 0 Å². The number of aldehydes is 1. The van der Waals surface area contributed by atoms with Crippen LogP contribution in [0.2, 0.25) is 0 Å². The third-order valence-electron chi connectivity index (χ3n) is 3.94. The van der Waals surface area contributed by atoms with Crippen LogP contribution in [0.5, 0.6) is 11.5 Å². The van der Waals surface area contributed by atoms with Crippen molar-refractivity contribution in [1.82, 2.24) is 4.90 Å². The van der Waals surface area contributed by atoms with E-state index in [1.54, 1.807) is 25.3 Å². The topological polar surface area (TPSA) is 38.8 Å². The minimum Gasteiger partial charge on any atom is -0.493 e. The van der Waals surface area contributed by atoms with E-state index in [1.165, 1.54) is 25.9 Å². The molecule has 2 rings (SSSR count). The maximum atomic E-state index is 10.7. The Morgan fingerprint density at radius 3 is 2.95 bits per heavy atom. The summed E-state index contributed by atoms with van der Waals surface area (Å²) in [6.45, 7) is 6.49. The van der Waals surface area contributed by atoms with Crippen molar-refractivity contribution in [2.24, 2.45) is 5.92 Å². The molecule has 4 heteroatoms. The largest absolute Gasteiger partial charge is 0.493 e. The highest BCUT2D eigenvalue weighted by molar-refractivity contribution is 5.76. The number of rotatable bonds is 7. The van der Waals surface area contributed by atoms with Gasteiger partial charge in [-0.05, 0) is 49.9 Å². The minimum atomic E-state index is 0.599. The molecule has 1 aliphatic heterocycles. The Hall–Kier alpha value is -1.55. The molecule has 1 atom stereocenters. The zero-order chi connectivity index (χ0) is 15.1. The lowest BCUT2D eigenvalue weighted by molar-refractivity contribution is 0.112. The number of carbonyl (C=O) groups is 1. The van der Waals surface area contributed by atoms with Crippen molar-refractivity contribution in [1.29, 1.82) is 0 Å². The van der Waals surface area contributed by atoms with Gasteiger partial charge in [-0.3, -0.25) is 4.79 Å². The summed E-state index contributed by atoms with van der Waals surface area (Å²) in [5.41, 5.74) is 0.599. The number of likely N-dealkylation sites (tertiary alicyclic amines) is 1. The van der Waals surface area contributed by atoms with Crippen LogP contribution >= 0.6 is 0 Å². The number of benzene rings is 1. The van der Waals surface area contributed by atoms with Gasteiger partial charge in [0.1, 0.15) is 6.29 Å². The van der Waals surface area contributed by atoms with Gasteiger partial charge in [0, 0.05) is 18.7 Å². The molecule has 1 aromatic rings. The van der Waals surface area contributed by atoms with Gasteiger partial charge < -0.3 is 14.4 Å². The molecule has 1 heterocycles. The van der Waals surface area contributed by atoms with Crippen LogP contribution in [0.3, 0.4) is 0 Å². The molecule has 0 radical (unpaired) electrons. The molecule has 0 aliphatic carbocycles. The summed E-state index contributed by atoms with van der Waals surface area (Å²) in [6.07, 6.45) is 4.48. The summed E-state index contributed by atoms with van der Waals surface area (Å²) in [7, 11) is 1.59. The van der Waals surface area contributed by atoms with Crippen molar-refractivity contribution < 1.29 is 14.3 Å². The van der Waals surface area contributed by atoms with Crippen molar-refractivity contribution in [3.63, 3.8) is 0 Å². The molecule has 0 unspecified atom stereocenters. The van der Waals surface area contributed by atoms with E-state index in [4.69, 9.17) is 9.47 Å². The van der Waals surface area contributed by atoms with E-state index in [9.17, 15) is 4.79 Å². The van der Waals surface area contributed by atoms with Crippen molar-refractivity contribution in [3.8, 4) is 11.5 Å². The lowest BCUT2D eigenvalue weighted by Gasteiger charge is -2.30. The molecular weight excluding hydrogens is 266 g/mol. The van der Waals surface area contributed by atoms with Crippen LogP contribution in [-0.4, -0.2) is 44.5 Å². The highest BCUT2D eigenvalue weighted by Gasteiger charge is 2.15. The third kappa shape index (κ3) is 4.74. The summed E-state index contributed by atoms with van der Waals surface area (Å²) < 4.78 is 11.0. The third-order valence-corrected chi connectivity index (χ3v) is 3.94. The molecule has 1 saturated heterocycles. The molecule has 1 fully saturated rings. The molecule has 0 N–H and O–H groups in total. The Bertz CT molecular complexity index is 461. The molecule has 0 amide bonds. The van der Waals surface area contributed by atoms with Gasteiger partial charge in [-0.2, -0.15) is 0 Å². The van der Waals surface area contributed by atoms with Gasteiger partial charge in [0.2, 0.25) is 0 Å². The lowest BCUT2D eigenvalue weighted by Crippen LogP contribution is -2.35. The molecule has 1 aromatic carbocycles. The molecule has 21 heavy (non-hydrogen) atoms. The fourth-order valence-electron chi connectivity index (χ4n) is 2.84. The Balaban J connectivity index is 1.76. The highest BCUT2D eigenvalue weighted by atomic mass is 16.5. The molecule has 0 spiro atoms. The molecular formula is C17H25NO3. The summed E-state index contributed by atoms with van der Waals surface area (Å²) in [5, 5.41) is 0. The van der Waals surface area contributed by atoms with Crippen molar-refractivity contribution >= 4 is 6.29 Å². The molecule has 0 bridgehead atoms. The van der Waals surface area contributed by atoms with Crippen molar-refractivity contribution in [2.75, 3.05) is 33.4 Å². The molecule has 0 saturated carbocycles. The number of carbonyl (C=O) groups excluding carboxylic acids is 1. The van der Waals surface area contributed by atoms with E-state index in [1.807, 2.05) is 0 Å². The van der Waals surface area contributed by atoms with Crippen molar-refractivity contribution in [3.05, 3.63) is 23.8 Å². The van der Waals surface area contributed by atoms with Crippen LogP contribution in [0.15, 0.2) is 18.2 Å². The van der Waals surface area contributed by atoms with Crippen LogP contribution < -0.4 is 9.47 Å². The number of piperidine rings is 1. The van der Waals surface area contributed by atoms with Crippen LogP contribution in [0.4, 0.5) is 0 Å². The normalized spacial score (nSPS) is 19.2. The number of methoxy groups -OCH3 is 1. The first-order chi connectivity index (χ1) is 10.2. The predicted molar refractivity (Wildman–Crippen MR) is 83.3 cm³/mol. The van der Waals surface area contributed by atoms with Gasteiger partial charge in [0.25, 0.3) is 0 Å². The zero-order valence-corrected chi connectivity index (χ0v) is 13.0. The average molecular weight is 291 g/mol. The first kappa shape index (κ1) is 15.8. The summed E-state index contributed by atoms with van der Waals surface area (Å²) in [4.78, 5) is 13.3. The van der Waals surface area contributed by atoms with E-state index >= 15 is 0 Å². The van der Waals surface area contributed by atoms with E-state index in [2.05, 4.69) is 11.8 Å². The second-order valence-electron chi connectivity index (χ2n) is 5.78. The van der Waals surface area contributed by atoms with Crippen LogP contribution in [0.25, 0.3) is 0 Å². The standard InChI is InChI=1S/C17H25NO3/c1-14-5-3-8-18(12-14)9-4-10-21-16-7-6-15(13-19)11-17(16)20-2/h6-7,11,13-14H,3-5,8-10,12H2,1-2H3/t14-/m1/s1. The molecule has 4 nitrogen and oxygen atoms in total. The van der Waals surface area contributed by atoms with Gasteiger partial charge in [-0.15, -0.1) is 0 Å². The number of ether oxygens (including phenoxy) is 2. The maximum Gasteiger partial charge on any atom is 0.161 e. The molecule has 1 aliphatic rings. The summed E-state index contributed by atoms with van der Waals surface area (Å²) >= 11 is 0. The Morgan fingerprint density at radius 1 is 1.38 bits per heavy atom. The van der Waals surface area contributed by atoms with Gasteiger partial charge in [-0.25, -0.2) is 0 Å². The Labute approximate surface area is 127 Å². The lowest BCUT2D eigenvalue weighted by atomic mass is 10.0. The second kappa shape index (κ2) is 8.03. The van der Waals surface area contributed by atoms with Crippen LogP contribution in [0, 0.1) is 5.92 Å². The molecule has 0 aromatic heterocycles. The Morgan fingerprint density at radius 2 is 2.24 bits per heavy atom. The number of nitrogens with zero attached hydrogens (tertiary/aromatic N) is 1. The van der Waals surface area contributed by atoms with Gasteiger partial charge in [0.05, 0.1) is 13.7 Å². The summed E-state index contributed by atoms with van der Waals surface area (Å²) in [6, 6.07) is 5.25. The zero-order valence-electron chi connectivity index (χ0n) is 13.0. The van der Waals surface area contributed by atoms with E-state index in [0.717, 1.165) is 25.2 Å². The Kier molecular flexibility index (Phi) is 6.05. The fraction of sp³-hybridized carbons (Fsp3) is 0.588. The predicted octanol–water partition coefficient (Wildman–Crippen LogP) is 3.01. The smallest absolute Gasteiger partial charge is 0.161 e. The van der Waals surface area contributed by atoms with E-state index in [0.29, 0.717) is 23.7 Å². The monoisotopic (exact) mass is 291 g/mol. The quantitative estimate of drug-likeness (QED) is 0.572. The highest BCUT2D eigenvalue weighted by Crippen LogP contribution is 2.27. The molecule has 116 valence electrons. The van der Waals surface area contributed by atoms with Crippen molar-refractivity contribution in [2.45, 2.75) is 26.2 Å². The minimum absolute atomic E-state index is 0.599. The van der Waals surface area contributed by atoms with Gasteiger partial charge >= 0.3 is 0 Å². The van der Waals surface area contributed by atoms with Crippen LogP contribution in [0.1, 0.15) is 36.5 Å². The second-order valence-corrected chi connectivity index (χ2v) is 5.78.